The van der Waals surface area contributed by atoms with Gasteiger partial charge < -0.3 is 4.74 Å². The molecule has 0 N–H and O–H groups in total. The maximum absolute atomic E-state index is 5.39. The molecule has 1 nitrogen and oxygen atoms in total. The van der Waals surface area contributed by atoms with E-state index in [4.69, 9.17) is 27.9 Å². The monoisotopic (exact) mass is 140 g/mol. The van der Waals surface area contributed by atoms with Crippen molar-refractivity contribution >= 4 is 23.2 Å². The first-order valence-electron chi connectivity index (χ1n) is 2.16. The first-order valence-corrected chi connectivity index (χ1v) is 3.22. The largest absolute Gasteiger partial charge is 0.367 e. The molecule has 42 valence electrons. The Labute approximate surface area is 52.5 Å². The highest BCUT2D eigenvalue weighted by Crippen LogP contribution is 2.23. The van der Waals surface area contributed by atoms with Crippen molar-refractivity contribution in [3.05, 3.63) is 0 Å². The fourth-order valence-electron chi connectivity index (χ4n) is 0.451. The van der Waals surface area contributed by atoms with Gasteiger partial charge in [0.2, 0.25) is 0 Å². The van der Waals surface area contributed by atoms with Crippen LogP contribution in [0.1, 0.15) is 0 Å². The van der Waals surface area contributed by atoms with E-state index in [-0.39, 0.29) is 12.2 Å². The van der Waals surface area contributed by atoms with Crippen molar-refractivity contribution in [1.29, 1.82) is 0 Å². The van der Waals surface area contributed by atoms with E-state index < -0.39 is 0 Å². The lowest BCUT2D eigenvalue weighted by molar-refractivity contribution is 0.391. The van der Waals surface area contributed by atoms with Gasteiger partial charge in [-0.05, 0) is 0 Å². The maximum atomic E-state index is 5.39. The Morgan fingerprint density at radius 2 is 1.57 bits per heavy atom. The molecule has 1 aliphatic heterocycles. The number of epoxide rings is 1. The van der Waals surface area contributed by atoms with E-state index in [0.717, 1.165) is 0 Å². The molecule has 2 atom stereocenters. The van der Waals surface area contributed by atoms with Crippen LogP contribution in [0.4, 0.5) is 0 Å². The maximum Gasteiger partial charge on any atom is 0.0989 e. The normalized spacial score (nSPS) is 38.6. The molecule has 7 heavy (non-hydrogen) atoms. The summed E-state index contributed by atoms with van der Waals surface area (Å²) in [4.78, 5) is 0. The van der Waals surface area contributed by atoms with Crippen LogP contribution in [-0.4, -0.2) is 24.0 Å². The van der Waals surface area contributed by atoms with Crippen LogP contribution in [0.2, 0.25) is 0 Å². The van der Waals surface area contributed by atoms with Gasteiger partial charge in [0.05, 0.1) is 24.0 Å². The molecule has 0 spiro atoms. The molecule has 1 unspecified atom stereocenters. The van der Waals surface area contributed by atoms with Gasteiger partial charge in [0.25, 0.3) is 0 Å². The van der Waals surface area contributed by atoms with Crippen molar-refractivity contribution in [2.24, 2.45) is 0 Å². The molecule has 0 radical (unpaired) electrons. The van der Waals surface area contributed by atoms with Crippen molar-refractivity contribution in [3.8, 4) is 0 Å². The summed E-state index contributed by atoms with van der Waals surface area (Å²) >= 11 is 10.8. The molecular formula is C4H6Cl2O. The fraction of sp³-hybridized carbons (Fsp3) is 1.00. The highest BCUT2D eigenvalue weighted by molar-refractivity contribution is 6.19. The summed E-state index contributed by atoms with van der Waals surface area (Å²) in [7, 11) is 0. The summed E-state index contributed by atoms with van der Waals surface area (Å²) in [5, 5.41) is 0. The van der Waals surface area contributed by atoms with Gasteiger partial charge in [0, 0.05) is 0 Å². The number of ether oxygens (including phenoxy) is 1. The van der Waals surface area contributed by atoms with E-state index in [2.05, 4.69) is 0 Å². The Hall–Kier alpha value is 0.540. The van der Waals surface area contributed by atoms with Gasteiger partial charge in [0.15, 0.2) is 0 Å². The Morgan fingerprint density at radius 1 is 1.14 bits per heavy atom. The van der Waals surface area contributed by atoms with Gasteiger partial charge >= 0.3 is 0 Å². The summed E-state index contributed by atoms with van der Waals surface area (Å²) in [6.45, 7) is 0. The quantitative estimate of drug-likeness (QED) is 0.416. The molecule has 0 saturated carbocycles. The first kappa shape index (κ1) is 5.67. The van der Waals surface area contributed by atoms with Crippen LogP contribution >= 0.6 is 23.2 Å². The molecule has 0 aromatic carbocycles. The average molecular weight is 141 g/mol. The average Bonchev–Trinajstić information content (AvgIpc) is 2.43. The van der Waals surface area contributed by atoms with Crippen molar-refractivity contribution in [3.63, 3.8) is 0 Å². The van der Waals surface area contributed by atoms with Gasteiger partial charge in [-0.15, -0.1) is 23.2 Å². The molecule has 1 heterocycles. The number of halogens is 2. The Kier molecular flexibility index (Phi) is 1.79. The smallest absolute Gasteiger partial charge is 0.0989 e. The molecule has 3 heteroatoms. The molecule has 1 fully saturated rings. The van der Waals surface area contributed by atoms with Crippen LogP contribution in [0.5, 0.6) is 0 Å². The van der Waals surface area contributed by atoms with Crippen molar-refractivity contribution in [1.82, 2.24) is 0 Å². The van der Waals surface area contributed by atoms with Crippen LogP contribution in [0.3, 0.4) is 0 Å². The Bertz CT molecular complexity index is 58.7. The SMILES string of the molecule is ClCC1O[C@@H]1CCl. The highest BCUT2D eigenvalue weighted by Gasteiger charge is 2.36. The van der Waals surface area contributed by atoms with Crippen molar-refractivity contribution in [2.45, 2.75) is 12.2 Å². The van der Waals surface area contributed by atoms with Crippen LogP contribution in [0.25, 0.3) is 0 Å². The summed E-state index contributed by atoms with van der Waals surface area (Å²) in [5.74, 6) is 1.16. The summed E-state index contributed by atoms with van der Waals surface area (Å²) < 4.78 is 4.95. The van der Waals surface area contributed by atoms with E-state index in [9.17, 15) is 0 Å². The second-order valence-corrected chi connectivity index (χ2v) is 2.14. The second-order valence-electron chi connectivity index (χ2n) is 1.52. The molecule has 0 aromatic rings. The standard InChI is InChI=1S/C4H6Cl2O/c5-1-3-4(2-6)7-3/h3-4H,1-2H2/t3-,4?/m1/s1. The van der Waals surface area contributed by atoms with E-state index in [1.165, 1.54) is 0 Å². The van der Waals surface area contributed by atoms with Crippen LogP contribution in [0, 0.1) is 0 Å². The second kappa shape index (κ2) is 2.21. The number of hydrogen-bond donors (Lipinski definition) is 0. The molecular weight excluding hydrogens is 135 g/mol. The van der Waals surface area contributed by atoms with Gasteiger partial charge in [-0.25, -0.2) is 0 Å². The lowest BCUT2D eigenvalue weighted by atomic mass is 10.4. The lowest BCUT2D eigenvalue weighted by Crippen LogP contribution is -1.94. The summed E-state index contributed by atoms with van der Waals surface area (Å²) in [5.41, 5.74) is 0. The molecule has 0 bridgehead atoms. The molecule has 0 aromatic heterocycles. The predicted molar refractivity (Wildman–Crippen MR) is 30.1 cm³/mol. The molecule has 0 aliphatic carbocycles. The lowest BCUT2D eigenvalue weighted by Gasteiger charge is -1.75. The van der Waals surface area contributed by atoms with Crippen LogP contribution in [0.15, 0.2) is 0 Å². The number of hydrogen-bond acceptors (Lipinski definition) is 1. The topological polar surface area (TPSA) is 12.5 Å². The zero-order valence-electron chi connectivity index (χ0n) is 3.73. The number of alkyl halides is 2. The molecule has 1 aliphatic rings. The zero-order chi connectivity index (χ0) is 5.28. The number of rotatable bonds is 2. The Balaban J connectivity index is 2.06. The van der Waals surface area contributed by atoms with E-state index in [1.54, 1.807) is 0 Å². The molecule has 1 saturated heterocycles. The van der Waals surface area contributed by atoms with E-state index in [1.807, 2.05) is 0 Å². The summed E-state index contributed by atoms with van der Waals surface area (Å²) in [6, 6.07) is 0. The van der Waals surface area contributed by atoms with Crippen LogP contribution < -0.4 is 0 Å². The third-order valence-electron chi connectivity index (χ3n) is 0.992. The van der Waals surface area contributed by atoms with Crippen molar-refractivity contribution in [2.75, 3.05) is 11.8 Å². The highest BCUT2D eigenvalue weighted by atomic mass is 35.5. The van der Waals surface area contributed by atoms with Crippen molar-refractivity contribution < 1.29 is 4.74 Å². The van der Waals surface area contributed by atoms with Gasteiger partial charge in [-0.1, -0.05) is 0 Å². The van der Waals surface area contributed by atoms with Gasteiger partial charge in [0.1, 0.15) is 0 Å². The molecule has 0 amide bonds. The molecule has 1 rings (SSSR count). The minimum absolute atomic E-state index is 0.249. The fourth-order valence-corrected chi connectivity index (χ4v) is 0.994. The van der Waals surface area contributed by atoms with Gasteiger partial charge in [-0.2, -0.15) is 0 Å². The minimum Gasteiger partial charge on any atom is -0.367 e. The summed E-state index contributed by atoms with van der Waals surface area (Å²) in [6.07, 6.45) is 0.498. The van der Waals surface area contributed by atoms with Gasteiger partial charge in [-0.3, -0.25) is 0 Å². The first-order chi connectivity index (χ1) is 3.38. The van der Waals surface area contributed by atoms with Crippen LogP contribution in [-0.2, 0) is 4.74 Å². The third-order valence-corrected chi connectivity index (χ3v) is 1.60. The Morgan fingerprint density at radius 3 is 1.71 bits per heavy atom. The minimum atomic E-state index is 0.249. The third kappa shape index (κ3) is 1.21. The van der Waals surface area contributed by atoms with E-state index in [0.29, 0.717) is 11.8 Å². The van der Waals surface area contributed by atoms with E-state index >= 15 is 0 Å². The predicted octanol–water partition coefficient (Wildman–Crippen LogP) is 1.23. The zero-order valence-corrected chi connectivity index (χ0v) is 5.24.